The van der Waals surface area contributed by atoms with E-state index in [1.807, 2.05) is 19.1 Å². The third-order valence-corrected chi connectivity index (χ3v) is 3.12. The Morgan fingerprint density at radius 1 is 1.50 bits per heavy atom. The minimum atomic E-state index is -0.107. The third-order valence-electron chi connectivity index (χ3n) is 1.97. The molecular weight excluding hydrogens is 338 g/mol. The van der Waals surface area contributed by atoms with Crippen molar-refractivity contribution in [2.45, 2.75) is 13.0 Å². The van der Waals surface area contributed by atoms with E-state index in [-0.39, 0.29) is 11.9 Å². The predicted octanol–water partition coefficient (Wildman–Crippen LogP) is 2.98. The number of amides is 1. The fourth-order valence-corrected chi connectivity index (χ4v) is 2.49. The highest BCUT2D eigenvalue weighted by Crippen LogP contribution is 2.21. The molecule has 0 aliphatic heterocycles. The van der Waals surface area contributed by atoms with Gasteiger partial charge in [-0.3, -0.25) is 4.79 Å². The second-order valence-electron chi connectivity index (χ2n) is 3.45. The number of hydrogen-bond donors (Lipinski definition) is 1. The Kier molecular flexibility index (Phi) is 5.44. The van der Waals surface area contributed by atoms with E-state index in [0.717, 1.165) is 8.95 Å². The van der Waals surface area contributed by atoms with Crippen LogP contribution in [-0.2, 0) is 4.74 Å². The monoisotopic (exact) mass is 349 g/mol. The first-order valence-corrected chi connectivity index (χ1v) is 6.38. The van der Waals surface area contributed by atoms with Crippen LogP contribution in [0.25, 0.3) is 0 Å². The zero-order valence-corrected chi connectivity index (χ0v) is 12.3. The molecule has 5 heteroatoms. The van der Waals surface area contributed by atoms with Crippen LogP contribution in [0.4, 0.5) is 0 Å². The molecule has 1 unspecified atom stereocenters. The molecule has 0 aliphatic carbocycles. The van der Waals surface area contributed by atoms with Crippen LogP contribution >= 0.6 is 31.9 Å². The quantitative estimate of drug-likeness (QED) is 0.906. The molecule has 0 spiro atoms. The van der Waals surface area contributed by atoms with E-state index >= 15 is 0 Å². The highest BCUT2D eigenvalue weighted by Gasteiger charge is 2.12. The highest BCUT2D eigenvalue weighted by molar-refractivity contribution is 9.11. The van der Waals surface area contributed by atoms with Crippen molar-refractivity contribution in [3.63, 3.8) is 0 Å². The van der Waals surface area contributed by atoms with Crippen LogP contribution in [0.5, 0.6) is 0 Å². The van der Waals surface area contributed by atoms with Crippen molar-refractivity contribution in [1.29, 1.82) is 0 Å². The molecule has 88 valence electrons. The molecule has 3 nitrogen and oxygen atoms in total. The van der Waals surface area contributed by atoms with Gasteiger partial charge in [0.2, 0.25) is 0 Å². The van der Waals surface area contributed by atoms with Gasteiger partial charge in [-0.05, 0) is 41.1 Å². The van der Waals surface area contributed by atoms with Crippen molar-refractivity contribution in [3.8, 4) is 0 Å². The molecule has 1 rings (SSSR count). The maximum atomic E-state index is 11.9. The molecule has 1 N–H and O–H groups in total. The van der Waals surface area contributed by atoms with Gasteiger partial charge < -0.3 is 10.1 Å². The van der Waals surface area contributed by atoms with Crippen LogP contribution in [0.15, 0.2) is 27.1 Å². The van der Waals surface area contributed by atoms with Crippen molar-refractivity contribution in [3.05, 3.63) is 32.7 Å². The summed E-state index contributed by atoms with van der Waals surface area (Å²) in [4.78, 5) is 11.9. The van der Waals surface area contributed by atoms with Gasteiger partial charge in [-0.15, -0.1) is 0 Å². The average Bonchev–Trinajstić information content (AvgIpc) is 2.17. The molecule has 0 aliphatic rings. The van der Waals surface area contributed by atoms with Gasteiger partial charge in [0.05, 0.1) is 12.2 Å². The summed E-state index contributed by atoms with van der Waals surface area (Å²) in [5.41, 5.74) is 0.617. The van der Waals surface area contributed by atoms with Crippen LogP contribution in [0.1, 0.15) is 17.3 Å². The van der Waals surface area contributed by atoms with E-state index in [1.54, 1.807) is 13.2 Å². The van der Waals surface area contributed by atoms with Crippen molar-refractivity contribution >= 4 is 37.8 Å². The van der Waals surface area contributed by atoms with E-state index < -0.39 is 0 Å². The first kappa shape index (κ1) is 13.7. The fourth-order valence-electron chi connectivity index (χ4n) is 1.27. The minimum absolute atomic E-state index is 0.00644. The molecule has 0 fully saturated rings. The molecule has 1 aromatic carbocycles. The molecule has 0 aromatic heterocycles. The molecule has 1 aromatic rings. The van der Waals surface area contributed by atoms with Crippen molar-refractivity contribution in [1.82, 2.24) is 5.32 Å². The lowest BCUT2D eigenvalue weighted by Crippen LogP contribution is -2.35. The first-order chi connectivity index (χ1) is 7.54. The molecule has 0 heterocycles. The Labute approximate surface area is 112 Å². The highest BCUT2D eigenvalue weighted by atomic mass is 79.9. The van der Waals surface area contributed by atoms with Crippen molar-refractivity contribution in [2.24, 2.45) is 0 Å². The predicted molar refractivity (Wildman–Crippen MR) is 70.6 cm³/mol. The summed E-state index contributed by atoms with van der Waals surface area (Å²) < 4.78 is 6.65. The topological polar surface area (TPSA) is 38.3 Å². The van der Waals surface area contributed by atoms with E-state index in [2.05, 4.69) is 37.2 Å². The van der Waals surface area contributed by atoms with Crippen LogP contribution in [0.2, 0.25) is 0 Å². The van der Waals surface area contributed by atoms with Gasteiger partial charge in [-0.2, -0.15) is 0 Å². The van der Waals surface area contributed by atoms with Gasteiger partial charge in [0.25, 0.3) is 5.91 Å². The zero-order valence-electron chi connectivity index (χ0n) is 9.09. The maximum Gasteiger partial charge on any atom is 0.252 e. The lowest BCUT2D eigenvalue weighted by molar-refractivity contribution is 0.0905. The van der Waals surface area contributed by atoms with Crippen LogP contribution < -0.4 is 5.32 Å². The van der Waals surface area contributed by atoms with E-state index in [4.69, 9.17) is 4.74 Å². The molecule has 1 amide bonds. The van der Waals surface area contributed by atoms with Gasteiger partial charge in [-0.1, -0.05) is 15.9 Å². The van der Waals surface area contributed by atoms with Gasteiger partial charge in [0.1, 0.15) is 0 Å². The van der Waals surface area contributed by atoms with Crippen molar-refractivity contribution in [2.75, 3.05) is 13.7 Å². The van der Waals surface area contributed by atoms with Crippen molar-refractivity contribution < 1.29 is 9.53 Å². The van der Waals surface area contributed by atoms with Gasteiger partial charge >= 0.3 is 0 Å². The summed E-state index contributed by atoms with van der Waals surface area (Å²) in [6.45, 7) is 2.40. The summed E-state index contributed by atoms with van der Waals surface area (Å²) in [5, 5.41) is 2.85. The van der Waals surface area contributed by atoms with Gasteiger partial charge in [0, 0.05) is 22.1 Å². The lowest BCUT2D eigenvalue weighted by Gasteiger charge is -2.13. The maximum absolute atomic E-state index is 11.9. The normalized spacial score (nSPS) is 12.2. The van der Waals surface area contributed by atoms with Gasteiger partial charge in [0.15, 0.2) is 0 Å². The summed E-state index contributed by atoms with van der Waals surface area (Å²) in [6.07, 6.45) is 0. The number of hydrogen-bond acceptors (Lipinski definition) is 2. The SMILES string of the molecule is COCC(C)NC(=O)c1ccc(Br)cc1Br. The molecule has 0 saturated heterocycles. The average molecular weight is 351 g/mol. The molecule has 0 bridgehead atoms. The Hall–Kier alpha value is -0.390. The number of methoxy groups -OCH3 is 1. The number of nitrogens with one attached hydrogen (secondary N) is 1. The number of carbonyl (C=O) groups is 1. The Balaban J connectivity index is 2.73. The minimum Gasteiger partial charge on any atom is -0.383 e. The number of ether oxygens (including phenoxy) is 1. The standard InChI is InChI=1S/C11H13Br2NO2/c1-7(6-16-2)14-11(15)9-4-3-8(12)5-10(9)13/h3-5,7H,6H2,1-2H3,(H,14,15). The Bertz CT molecular complexity index is 382. The van der Waals surface area contributed by atoms with Crippen LogP contribution in [0.3, 0.4) is 0 Å². The Morgan fingerprint density at radius 3 is 2.75 bits per heavy atom. The molecule has 1 atom stereocenters. The number of benzene rings is 1. The van der Waals surface area contributed by atoms with E-state index in [0.29, 0.717) is 12.2 Å². The largest absolute Gasteiger partial charge is 0.383 e. The zero-order chi connectivity index (χ0) is 12.1. The molecule has 16 heavy (non-hydrogen) atoms. The molecule has 0 saturated carbocycles. The number of halogens is 2. The smallest absolute Gasteiger partial charge is 0.252 e. The second-order valence-corrected chi connectivity index (χ2v) is 5.22. The number of carbonyl (C=O) groups excluding carboxylic acids is 1. The molecule has 0 radical (unpaired) electrons. The summed E-state index contributed by atoms with van der Waals surface area (Å²) in [5.74, 6) is -0.107. The van der Waals surface area contributed by atoms with E-state index in [1.165, 1.54) is 0 Å². The van der Waals surface area contributed by atoms with E-state index in [9.17, 15) is 4.79 Å². The van der Waals surface area contributed by atoms with Crippen LogP contribution in [0, 0.1) is 0 Å². The number of rotatable bonds is 4. The summed E-state index contributed by atoms with van der Waals surface area (Å²) >= 11 is 6.69. The lowest BCUT2D eigenvalue weighted by atomic mass is 10.2. The fraction of sp³-hybridized carbons (Fsp3) is 0.364. The summed E-state index contributed by atoms with van der Waals surface area (Å²) in [7, 11) is 1.61. The van der Waals surface area contributed by atoms with Gasteiger partial charge in [-0.25, -0.2) is 0 Å². The summed E-state index contributed by atoms with van der Waals surface area (Å²) in [6, 6.07) is 5.44. The molecular formula is C11H13Br2NO2. The Morgan fingerprint density at radius 2 is 2.19 bits per heavy atom. The third kappa shape index (κ3) is 3.88. The second kappa shape index (κ2) is 6.37. The van der Waals surface area contributed by atoms with Crippen LogP contribution in [-0.4, -0.2) is 25.7 Å². The first-order valence-electron chi connectivity index (χ1n) is 4.79.